The van der Waals surface area contributed by atoms with Gasteiger partial charge in [0, 0.05) is 28.9 Å². The average Bonchev–Trinajstić information content (AvgIpc) is 2.51. The molecule has 0 aromatic carbocycles. The van der Waals surface area contributed by atoms with Crippen LogP contribution in [0, 0.1) is 0 Å². The summed E-state index contributed by atoms with van der Waals surface area (Å²) in [6, 6.07) is 0. The predicted octanol–water partition coefficient (Wildman–Crippen LogP) is 2.95. The summed E-state index contributed by atoms with van der Waals surface area (Å²) in [5, 5.41) is 8.14. The normalized spacial score (nSPS) is 24.1. The van der Waals surface area contributed by atoms with E-state index < -0.39 is 0 Å². The van der Waals surface area contributed by atoms with Crippen molar-refractivity contribution >= 4 is 22.1 Å². The summed E-state index contributed by atoms with van der Waals surface area (Å²) < 4.78 is 0. The number of carbonyl (C=O) groups is 1. The maximum absolute atomic E-state index is 12.4. The Morgan fingerprint density at radius 3 is 2.56 bits per heavy atom. The summed E-state index contributed by atoms with van der Waals surface area (Å²) in [4.78, 5) is 13.7. The number of hydrogen-bond acceptors (Lipinski definition) is 4. The van der Waals surface area contributed by atoms with Crippen LogP contribution >= 0.6 is 11.3 Å². The average molecular weight is 264 g/mol. The van der Waals surface area contributed by atoms with Crippen molar-refractivity contribution in [2.24, 2.45) is 0 Å². The minimum atomic E-state index is -0.111. The fourth-order valence-corrected chi connectivity index (χ4v) is 4.24. The number of Topliss-reactive ketones (excluding diaryl/α,β-unsaturated/α-hetero) is 1. The van der Waals surface area contributed by atoms with Gasteiger partial charge in [-0.25, -0.2) is 0 Å². The fraction of sp³-hybridized carbons (Fsp3) is 0.643. The Kier molecular flexibility index (Phi) is 2.42. The van der Waals surface area contributed by atoms with Gasteiger partial charge in [0.1, 0.15) is 5.00 Å². The maximum Gasteiger partial charge on any atom is 0.168 e. The molecule has 4 heteroatoms. The minimum absolute atomic E-state index is 0.0923. The molecule has 0 amide bonds. The van der Waals surface area contributed by atoms with Crippen molar-refractivity contribution in [3.05, 3.63) is 16.0 Å². The van der Waals surface area contributed by atoms with Crippen LogP contribution < -0.4 is 10.6 Å². The summed E-state index contributed by atoms with van der Waals surface area (Å²) in [7, 11) is 0. The second-order valence-corrected chi connectivity index (χ2v) is 7.84. The van der Waals surface area contributed by atoms with Gasteiger partial charge in [0.05, 0.1) is 5.56 Å². The molecular weight excluding hydrogens is 244 g/mol. The first-order valence-electron chi connectivity index (χ1n) is 6.48. The van der Waals surface area contributed by atoms with E-state index in [0.717, 1.165) is 23.5 Å². The van der Waals surface area contributed by atoms with Gasteiger partial charge >= 0.3 is 0 Å². The standard InChI is InChI=1S/C14H20N2OS/c1-13(2)5-8-10(7-15-13)18-12-11(8)9(17)6-14(3,4)16-12/h15-16H,5-7H2,1-4H3. The Bertz CT molecular complexity index is 528. The van der Waals surface area contributed by atoms with E-state index in [1.54, 1.807) is 11.3 Å². The smallest absolute Gasteiger partial charge is 0.168 e. The molecule has 0 fully saturated rings. The lowest BCUT2D eigenvalue weighted by atomic mass is 9.84. The third kappa shape index (κ3) is 1.88. The molecule has 2 aliphatic rings. The van der Waals surface area contributed by atoms with Crippen molar-refractivity contribution in [3.63, 3.8) is 0 Å². The van der Waals surface area contributed by atoms with Gasteiger partial charge in [-0.1, -0.05) is 0 Å². The van der Waals surface area contributed by atoms with Crippen molar-refractivity contribution in [1.82, 2.24) is 5.32 Å². The van der Waals surface area contributed by atoms with Crippen LogP contribution in [0.4, 0.5) is 5.00 Å². The summed E-state index contributed by atoms with van der Waals surface area (Å²) in [5.74, 6) is 0.309. The molecule has 0 aliphatic carbocycles. The van der Waals surface area contributed by atoms with Gasteiger partial charge < -0.3 is 10.6 Å². The second-order valence-electron chi connectivity index (χ2n) is 6.73. The van der Waals surface area contributed by atoms with Gasteiger partial charge in [-0.2, -0.15) is 0 Å². The molecule has 0 saturated carbocycles. The van der Waals surface area contributed by atoms with Gasteiger partial charge in [0.15, 0.2) is 5.78 Å². The molecule has 0 atom stereocenters. The van der Waals surface area contributed by atoms with Crippen LogP contribution in [-0.2, 0) is 13.0 Å². The lowest BCUT2D eigenvalue weighted by molar-refractivity contribution is 0.0957. The van der Waals surface area contributed by atoms with Crippen molar-refractivity contribution in [1.29, 1.82) is 0 Å². The Morgan fingerprint density at radius 1 is 1.11 bits per heavy atom. The number of anilines is 1. The lowest BCUT2D eigenvalue weighted by Gasteiger charge is -2.33. The topological polar surface area (TPSA) is 41.1 Å². The number of rotatable bonds is 0. The molecule has 1 aromatic heterocycles. The van der Waals surface area contributed by atoms with Crippen LogP contribution in [0.15, 0.2) is 0 Å². The highest BCUT2D eigenvalue weighted by molar-refractivity contribution is 7.16. The largest absolute Gasteiger partial charge is 0.371 e. The van der Waals surface area contributed by atoms with E-state index >= 15 is 0 Å². The monoisotopic (exact) mass is 264 g/mol. The van der Waals surface area contributed by atoms with Gasteiger partial charge in [-0.3, -0.25) is 4.79 Å². The Labute approximate surface area is 112 Å². The molecule has 3 heterocycles. The molecule has 98 valence electrons. The van der Waals surface area contributed by atoms with Gasteiger partial charge in [0.25, 0.3) is 0 Å². The molecule has 1 aromatic rings. The number of hydrogen-bond donors (Lipinski definition) is 2. The van der Waals surface area contributed by atoms with E-state index in [4.69, 9.17) is 0 Å². The first kappa shape index (κ1) is 12.2. The molecule has 0 radical (unpaired) electrons. The fourth-order valence-electron chi connectivity index (χ4n) is 2.89. The van der Waals surface area contributed by atoms with Crippen molar-refractivity contribution in [2.45, 2.75) is 58.2 Å². The zero-order valence-corrected chi connectivity index (χ0v) is 12.3. The Hall–Kier alpha value is -0.870. The zero-order chi connectivity index (χ0) is 13.1. The van der Waals surface area contributed by atoms with Crippen molar-refractivity contribution in [3.8, 4) is 0 Å². The van der Waals surface area contributed by atoms with Crippen LogP contribution in [-0.4, -0.2) is 16.9 Å². The zero-order valence-electron chi connectivity index (χ0n) is 11.4. The molecule has 0 saturated heterocycles. The number of ketones is 1. The third-order valence-corrected chi connectivity index (χ3v) is 4.92. The summed E-state index contributed by atoms with van der Waals surface area (Å²) >= 11 is 1.75. The highest BCUT2D eigenvalue weighted by atomic mass is 32.1. The van der Waals surface area contributed by atoms with Gasteiger partial charge in [0.2, 0.25) is 0 Å². The number of fused-ring (bicyclic) bond motifs is 3. The van der Waals surface area contributed by atoms with E-state index in [0.29, 0.717) is 12.2 Å². The van der Waals surface area contributed by atoms with E-state index in [9.17, 15) is 4.79 Å². The number of carbonyl (C=O) groups excluding carboxylic acids is 1. The SMILES string of the molecule is CC1(C)Cc2c(sc3c2C(=O)CC(C)(C)N3)CN1. The summed E-state index contributed by atoms with van der Waals surface area (Å²) in [6.45, 7) is 9.47. The molecule has 3 rings (SSSR count). The molecule has 0 spiro atoms. The molecule has 2 aliphatic heterocycles. The first-order valence-corrected chi connectivity index (χ1v) is 7.30. The van der Waals surface area contributed by atoms with Crippen LogP contribution in [0.1, 0.15) is 54.9 Å². The highest BCUT2D eigenvalue weighted by Crippen LogP contribution is 2.43. The predicted molar refractivity (Wildman–Crippen MR) is 75.6 cm³/mol. The van der Waals surface area contributed by atoms with E-state index in [2.05, 4.69) is 38.3 Å². The number of thiophene rings is 1. The third-order valence-electron chi connectivity index (χ3n) is 3.77. The van der Waals surface area contributed by atoms with Crippen LogP contribution in [0.3, 0.4) is 0 Å². The molecule has 0 unspecified atom stereocenters. The summed E-state index contributed by atoms with van der Waals surface area (Å²) in [6.07, 6.45) is 1.54. The Morgan fingerprint density at radius 2 is 1.83 bits per heavy atom. The van der Waals surface area contributed by atoms with Crippen molar-refractivity contribution < 1.29 is 4.79 Å². The second kappa shape index (κ2) is 3.58. The van der Waals surface area contributed by atoms with Crippen molar-refractivity contribution in [2.75, 3.05) is 5.32 Å². The maximum atomic E-state index is 12.4. The quantitative estimate of drug-likeness (QED) is 0.757. The summed E-state index contributed by atoms with van der Waals surface area (Å²) in [5.41, 5.74) is 2.24. The van der Waals surface area contributed by atoms with Gasteiger partial charge in [-0.05, 0) is 39.7 Å². The highest BCUT2D eigenvalue weighted by Gasteiger charge is 2.38. The van der Waals surface area contributed by atoms with Crippen LogP contribution in [0.5, 0.6) is 0 Å². The molecule has 2 N–H and O–H groups in total. The molecular formula is C14H20N2OS. The van der Waals surface area contributed by atoms with E-state index in [-0.39, 0.29) is 11.1 Å². The first-order chi connectivity index (χ1) is 8.27. The van der Waals surface area contributed by atoms with E-state index in [1.165, 1.54) is 10.4 Å². The molecule has 18 heavy (non-hydrogen) atoms. The van der Waals surface area contributed by atoms with Crippen LogP contribution in [0.25, 0.3) is 0 Å². The lowest BCUT2D eigenvalue weighted by Crippen LogP contribution is -2.44. The minimum Gasteiger partial charge on any atom is -0.371 e. The molecule has 3 nitrogen and oxygen atoms in total. The van der Waals surface area contributed by atoms with E-state index in [1.807, 2.05) is 0 Å². The van der Waals surface area contributed by atoms with Gasteiger partial charge in [-0.15, -0.1) is 11.3 Å². The number of nitrogens with one attached hydrogen (secondary N) is 2. The molecule has 0 bridgehead atoms. The van der Waals surface area contributed by atoms with Crippen LogP contribution in [0.2, 0.25) is 0 Å². The Balaban J connectivity index is 2.09.